The standard InChI is InChI=1S/C10H17F2NO2.ClH/c1-2-13-8(9(14)15)6-10(11,12)5-7-3-4-7;/h7-8,13H,2-6H2,1H3,(H,14,15);1H. The lowest BCUT2D eigenvalue weighted by Gasteiger charge is -2.21. The zero-order chi connectivity index (χ0) is 11.5. The lowest BCUT2D eigenvalue weighted by atomic mass is 10.0. The summed E-state index contributed by atoms with van der Waals surface area (Å²) in [6.45, 7) is 2.09. The van der Waals surface area contributed by atoms with Crippen molar-refractivity contribution in [3.05, 3.63) is 0 Å². The molecule has 16 heavy (non-hydrogen) atoms. The number of carbonyl (C=O) groups is 1. The molecule has 3 nitrogen and oxygen atoms in total. The number of carboxylic acid groups (broad SMARTS) is 1. The summed E-state index contributed by atoms with van der Waals surface area (Å²) in [6, 6.07) is -1.14. The van der Waals surface area contributed by atoms with E-state index in [9.17, 15) is 13.6 Å². The quantitative estimate of drug-likeness (QED) is 0.736. The fourth-order valence-corrected chi connectivity index (χ4v) is 1.62. The van der Waals surface area contributed by atoms with Crippen molar-refractivity contribution in [3.63, 3.8) is 0 Å². The summed E-state index contributed by atoms with van der Waals surface area (Å²) >= 11 is 0. The van der Waals surface area contributed by atoms with E-state index in [1.165, 1.54) is 0 Å². The van der Waals surface area contributed by atoms with Crippen molar-refractivity contribution >= 4 is 18.4 Å². The van der Waals surface area contributed by atoms with Gasteiger partial charge < -0.3 is 10.4 Å². The van der Waals surface area contributed by atoms with Crippen LogP contribution in [-0.4, -0.2) is 29.6 Å². The minimum Gasteiger partial charge on any atom is -0.480 e. The minimum absolute atomic E-state index is 0. The maximum Gasteiger partial charge on any atom is 0.320 e. The van der Waals surface area contributed by atoms with Crippen LogP contribution in [0.1, 0.15) is 32.6 Å². The first-order valence-electron chi connectivity index (χ1n) is 5.28. The third-order valence-corrected chi connectivity index (χ3v) is 2.54. The highest BCUT2D eigenvalue weighted by molar-refractivity contribution is 5.85. The SMILES string of the molecule is CCNC(CC(F)(F)CC1CC1)C(=O)O.Cl. The van der Waals surface area contributed by atoms with Gasteiger partial charge in [-0.05, 0) is 25.3 Å². The molecule has 1 unspecified atom stereocenters. The highest BCUT2D eigenvalue weighted by Gasteiger charge is 2.40. The number of rotatable bonds is 7. The molecule has 0 spiro atoms. The average Bonchev–Trinajstić information content (AvgIpc) is 2.86. The van der Waals surface area contributed by atoms with E-state index in [0.717, 1.165) is 12.8 Å². The van der Waals surface area contributed by atoms with Crippen molar-refractivity contribution in [1.82, 2.24) is 5.32 Å². The molecule has 0 aliphatic heterocycles. The third-order valence-electron chi connectivity index (χ3n) is 2.54. The number of nitrogens with one attached hydrogen (secondary N) is 1. The van der Waals surface area contributed by atoms with Crippen LogP contribution in [-0.2, 0) is 4.79 Å². The highest BCUT2D eigenvalue weighted by Crippen LogP contribution is 2.40. The molecule has 0 amide bonds. The number of halogens is 3. The van der Waals surface area contributed by atoms with Gasteiger partial charge in [0.2, 0.25) is 0 Å². The molecule has 0 aromatic carbocycles. The van der Waals surface area contributed by atoms with E-state index >= 15 is 0 Å². The molecule has 1 rings (SSSR count). The summed E-state index contributed by atoms with van der Waals surface area (Å²) in [5.74, 6) is -3.95. The number of hydrogen-bond donors (Lipinski definition) is 2. The Morgan fingerprint density at radius 1 is 1.56 bits per heavy atom. The molecular weight excluding hydrogens is 240 g/mol. The van der Waals surface area contributed by atoms with Crippen LogP contribution in [0.15, 0.2) is 0 Å². The van der Waals surface area contributed by atoms with Gasteiger partial charge in [-0.15, -0.1) is 12.4 Å². The predicted octanol–water partition coefficient (Wildman–Crippen LogP) is 2.30. The molecule has 0 heterocycles. The van der Waals surface area contributed by atoms with Gasteiger partial charge in [0.1, 0.15) is 6.04 Å². The largest absolute Gasteiger partial charge is 0.480 e. The monoisotopic (exact) mass is 257 g/mol. The van der Waals surface area contributed by atoms with Crippen LogP contribution in [0.5, 0.6) is 0 Å². The number of carboxylic acids is 1. The molecule has 96 valence electrons. The van der Waals surface area contributed by atoms with Gasteiger partial charge in [0, 0.05) is 12.8 Å². The van der Waals surface area contributed by atoms with Gasteiger partial charge in [-0.2, -0.15) is 0 Å². The number of alkyl halides is 2. The maximum atomic E-state index is 13.3. The molecule has 1 aliphatic carbocycles. The molecule has 2 N–H and O–H groups in total. The van der Waals surface area contributed by atoms with E-state index in [4.69, 9.17) is 5.11 Å². The molecule has 0 radical (unpaired) electrons. The van der Waals surface area contributed by atoms with E-state index in [1.54, 1.807) is 6.92 Å². The normalized spacial score (nSPS) is 17.7. The molecule has 0 aromatic rings. The lowest BCUT2D eigenvalue weighted by Crippen LogP contribution is -2.41. The minimum atomic E-state index is -2.85. The predicted molar refractivity (Wildman–Crippen MR) is 59.3 cm³/mol. The first-order chi connectivity index (χ1) is 6.94. The van der Waals surface area contributed by atoms with Crippen LogP contribution in [0.2, 0.25) is 0 Å². The van der Waals surface area contributed by atoms with Gasteiger partial charge in [0.25, 0.3) is 5.92 Å². The van der Waals surface area contributed by atoms with Crippen molar-refractivity contribution in [1.29, 1.82) is 0 Å². The van der Waals surface area contributed by atoms with E-state index in [-0.39, 0.29) is 24.7 Å². The molecule has 6 heteroatoms. The summed E-state index contributed by atoms with van der Waals surface area (Å²) in [6.07, 6.45) is 0.942. The molecule has 0 aromatic heterocycles. The zero-order valence-corrected chi connectivity index (χ0v) is 10.0. The van der Waals surface area contributed by atoms with Gasteiger partial charge in [-0.1, -0.05) is 6.92 Å². The highest BCUT2D eigenvalue weighted by atomic mass is 35.5. The Morgan fingerprint density at radius 3 is 2.50 bits per heavy atom. The Balaban J connectivity index is 0.00000225. The van der Waals surface area contributed by atoms with Crippen molar-refractivity contribution in [2.75, 3.05) is 6.54 Å². The third kappa shape index (κ3) is 5.61. The molecule has 0 bridgehead atoms. The van der Waals surface area contributed by atoms with Gasteiger partial charge >= 0.3 is 5.97 Å². The smallest absolute Gasteiger partial charge is 0.320 e. The van der Waals surface area contributed by atoms with E-state index in [0.29, 0.717) is 6.54 Å². The Morgan fingerprint density at radius 2 is 2.12 bits per heavy atom. The topological polar surface area (TPSA) is 49.3 Å². The van der Waals surface area contributed by atoms with Gasteiger partial charge in [-0.3, -0.25) is 4.79 Å². The van der Waals surface area contributed by atoms with Crippen LogP contribution in [0.4, 0.5) is 8.78 Å². The fraction of sp³-hybridized carbons (Fsp3) is 0.900. The molecule has 1 aliphatic rings. The molecular formula is C10H18ClF2NO2. The van der Waals surface area contributed by atoms with Gasteiger partial charge in [0.15, 0.2) is 0 Å². The summed E-state index contributed by atoms with van der Waals surface area (Å²) < 4.78 is 26.7. The summed E-state index contributed by atoms with van der Waals surface area (Å²) in [5, 5.41) is 11.3. The van der Waals surface area contributed by atoms with Crippen LogP contribution in [0, 0.1) is 5.92 Å². The van der Waals surface area contributed by atoms with Crippen LogP contribution < -0.4 is 5.32 Å². The first kappa shape index (κ1) is 15.6. The number of aliphatic carboxylic acids is 1. The Labute approximate surface area is 100 Å². The molecule has 1 atom stereocenters. The molecule has 0 saturated heterocycles. The van der Waals surface area contributed by atoms with Crippen molar-refractivity contribution in [2.24, 2.45) is 5.92 Å². The first-order valence-corrected chi connectivity index (χ1v) is 5.28. The Bertz CT molecular complexity index is 235. The van der Waals surface area contributed by atoms with Crippen molar-refractivity contribution in [3.8, 4) is 0 Å². The average molecular weight is 258 g/mol. The number of hydrogen-bond acceptors (Lipinski definition) is 2. The van der Waals surface area contributed by atoms with Crippen LogP contribution in [0.3, 0.4) is 0 Å². The van der Waals surface area contributed by atoms with Crippen LogP contribution in [0.25, 0.3) is 0 Å². The van der Waals surface area contributed by atoms with Gasteiger partial charge in [-0.25, -0.2) is 8.78 Å². The second kappa shape index (κ2) is 6.35. The summed E-state index contributed by atoms with van der Waals surface area (Å²) in [5.41, 5.74) is 0. The van der Waals surface area contributed by atoms with Crippen molar-refractivity contribution < 1.29 is 18.7 Å². The molecule has 1 fully saturated rings. The number of likely N-dealkylation sites (N-methyl/N-ethyl adjacent to an activating group) is 1. The van der Waals surface area contributed by atoms with Crippen molar-refractivity contribution in [2.45, 2.75) is 44.6 Å². The van der Waals surface area contributed by atoms with E-state index in [2.05, 4.69) is 5.32 Å². The summed E-state index contributed by atoms with van der Waals surface area (Å²) in [4.78, 5) is 10.7. The molecule has 1 saturated carbocycles. The Kier molecular flexibility index (Phi) is 6.18. The maximum absolute atomic E-state index is 13.3. The lowest BCUT2D eigenvalue weighted by molar-refractivity contribution is -0.142. The fourth-order valence-electron chi connectivity index (χ4n) is 1.62. The van der Waals surface area contributed by atoms with E-state index in [1.807, 2.05) is 0 Å². The Hall–Kier alpha value is -0.420. The van der Waals surface area contributed by atoms with Crippen LogP contribution >= 0.6 is 12.4 Å². The second-order valence-corrected chi connectivity index (χ2v) is 4.16. The van der Waals surface area contributed by atoms with E-state index < -0.39 is 24.4 Å². The second-order valence-electron chi connectivity index (χ2n) is 4.16. The van der Waals surface area contributed by atoms with Gasteiger partial charge in [0.05, 0.1) is 0 Å². The summed E-state index contributed by atoms with van der Waals surface area (Å²) in [7, 11) is 0. The zero-order valence-electron chi connectivity index (χ0n) is 9.21.